The molecule has 3 aromatic carbocycles. The molecule has 0 atom stereocenters. The molecule has 5 aromatic rings. The van der Waals surface area contributed by atoms with Gasteiger partial charge in [-0.05, 0) is 97.4 Å². The smallest absolute Gasteiger partial charge is 0.323 e. The van der Waals surface area contributed by atoms with Crippen LogP contribution in [0.4, 0.5) is 16.2 Å². The van der Waals surface area contributed by atoms with Crippen molar-refractivity contribution in [3.63, 3.8) is 0 Å². The number of hydrogen-bond acceptors (Lipinski definition) is 3. The van der Waals surface area contributed by atoms with Crippen molar-refractivity contribution in [3.05, 3.63) is 90.9 Å². The molecule has 0 aliphatic carbocycles. The molecule has 1 fully saturated rings. The number of rotatable bonds is 4. The zero-order valence-corrected chi connectivity index (χ0v) is 20.3. The summed E-state index contributed by atoms with van der Waals surface area (Å²) < 4.78 is 0. The number of hydrogen-bond donors (Lipinski definition) is 3. The predicted molar refractivity (Wildman–Crippen MR) is 148 cm³/mol. The van der Waals surface area contributed by atoms with Crippen molar-refractivity contribution in [1.29, 1.82) is 0 Å². The van der Waals surface area contributed by atoms with E-state index in [1.54, 1.807) is 12.4 Å². The first kappa shape index (κ1) is 22.3. The van der Waals surface area contributed by atoms with Gasteiger partial charge in [0.15, 0.2) is 0 Å². The SMILES string of the molecule is CN1CCC(c2c[nH]c3ccc(NC(=O)Nc4ccc(-c5ccncc5)c5ccccc45)cc23)CC1. The molecule has 0 spiro atoms. The predicted octanol–water partition coefficient (Wildman–Crippen LogP) is 6.84. The van der Waals surface area contributed by atoms with Gasteiger partial charge >= 0.3 is 6.03 Å². The molecule has 1 aliphatic rings. The van der Waals surface area contributed by atoms with Crippen LogP contribution in [0.3, 0.4) is 0 Å². The Morgan fingerprint density at radius 3 is 2.50 bits per heavy atom. The summed E-state index contributed by atoms with van der Waals surface area (Å²) in [7, 11) is 2.18. The van der Waals surface area contributed by atoms with Crippen molar-refractivity contribution in [1.82, 2.24) is 14.9 Å². The molecule has 180 valence electrons. The van der Waals surface area contributed by atoms with E-state index in [0.29, 0.717) is 5.92 Å². The van der Waals surface area contributed by atoms with Crippen LogP contribution < -0.4 is 10.6 Å². The number of carbonyl (C=O) groups is 1. The Balaban J connectivity index is 1.24. The summed E-state index contributed by atoms with van der Waals surface area (Å²) in [5.74, 6) is 0.546. The van der Waals surface area contributed by atoms with Crippen molar-refractivity contribution in [2.45, 2.75) is 18.8 Å². The van der Waals surface area contributed by atoms with Gasteiger partial charge < -0.3 is 20.5 Å². The number of likely N-dealkylation sites (tertiary alicyclic amines) is 1. The zero-order chi connectivity index (χ0) is 24.5. The van der Waals surface area contributed by atoms with Gasteiger partial charge in [0.25, 0.3) is 0 Å². The van der Waals surface area contributed by atoms with E-state index in [1.165, 1.54) is 10.9 Å². The molecule has 0 radical (unpaired) electrons. The second-order valence-corrected chi connectivity index (χ2v) is 9.60. The average molecular weight is 476 g/mol. The first-order chi connectivity index (χ1) is 17.7. The van der Waals surface area contributed by atoms with Gasteiger partial charge in [-0.3, -0.25) is 4.98 Å². The highest BCUT2D eigenvalue weighted by atomic mass is 16.2. The van der Waals surface area contributed by atoms with Crippen LogP contribution in [0.1, 0.15) is 24.3 Å². The average Bonchev–Trinajstić information content (AvgIpc) is 3.33. The number of piperidine rings is 1. The number of amides is 2. The molecule has 0 bridgehead atoms. The molecule has 2 amide bonds. The lowest BCUT2D eigenvalue weighted by Gasteiger charge is -2.28. The van der Waals surface area contributed by atoms with Gasteiger partial charge in [0, 0.05) is 40.6 Å². The Labute approximate surface area is 210 Å². The number of aromatic nitrogens is 2. The summed E-state index contributed by atoms with van der Waals surface area (Å²) in [5.41, 5.74) is 6.21. The number of nitrogens with one attached hydrogen (secondary N) is 3. The van der Waals surface area contributed by atoms with E-state index < -0.39 is 0 Å². The van der Waals surface area contributed by atoms with Gasteiger partial charge in [-0.2, -0.15) is 0 Å². The van der Waals surface area contributed by atoms with E-state index in [9.17, 15) is 4.79 Å². The summed E-state index contributed by atoms with van der Waals surface area (Å²) >= 11 is 0. The highest BCUT2D eigenvalue weighted by Gasteiger charge is 2.21. The zero-order valence-electron chi connectivity index (χ0n) is 20.3. The van der Waals surface area contributed by atoms with Gasteiger partial charge in [0.05, 0.1) is 5.69 Å². The van der Waals surface area contributed by atoms with E-state index in [-0.39, 0.29) is 6.03 Å². The fourth-order valence-corrected chi connectivity index (χ4v) is 5.35. The topological polar surface area (TPSA) is 73.1 Å². The number of benzene rings is 3. The first-order valence-corrected chi connectivity index (χ1v) is 12.5. The largest absolute Gasteiger partial charge is 0.361 e. The number of H-pyrrole nitrogens is 1. The number of aromatic amines is 1. The van der Waals surface area contributed by atoms with Crippen LogP contribution in [0.2, 0.25) is 0 Å². The van der Waals surface area contributed by atoms with Gasteiger partial charge in [-0.15, -0.1) is 0 Å². The standard InChI is InChI=1S/C30H29N5O/c1-35-16-12-21(13-17-35)27-19-32-28-8-6-22(18-26(27)28)33-30(36)34-29-9-7-23(20-10-14-31-15-11-20)24-4-2-3-5-25(24)29/h2-11,14-15,18-19,21,32H,12-13,16-17H2,1H3,(H2,33,34,36). The van der Waals surface area contributed by atoms with Gasteiger partial charge in [0.1, 0.15) is 0 Å². The van der Waals surface area contributed by atoms with Crippen LogP contribution in [0.25, 0.3) is 32.8 Å². The maximum atomic E-state index is 13.0. The van der Waals surface area contributed by atoms with Crippen molar-refractivity contribution in [2.24, 2.45) is 0 Å². The van der Waals surface area contributed by atoms with Crippen LogP contribution in [-0.4, -0.2) is 41.0 Å². The minimum Gasteiger partial charge on any atom is -0.361 e. The lowest BCUT2D eigenvalue weighted by atomic mass is 9.89. The third-order valence-corrected chi connectivity index (χ3v) is 7.29. The van der Waals surface area contributed by atoms with E-state index >= 15 is 0 Å². The minimum atomic E-state index is -0.257. The van der Waals surface area contributed by atoms with E-state index in [1.807, 2.05) is 54.6 Å². The molecule has 6 rings (SSSR count). The van der Waals surface area contributed by atoms with E-state index in [4.69, 9.17) is 0 Å². The summed E-state index contributed by atoms with van der Waals surface area (Å²) in [5, 5.41) is 9.37. The maximum absolute atomic E-state index is 13.0. The Morgan fingerprint density at radius 2 is 1.69 bits per heavy atom. The van der Waals surface area contributed by atoms with E-state index in [2.05, 4.69) is 50.9 Å². The van der Waals surface area contributed by atoms with Gasteiger partial charge in [-0.1, -0.05) is 30.3 Å². The fraction of sp³-hybridized carbons (Fsp3) is 0.200. The highest BCUT2D eigenvalue weighted by molar-refractivity contribution is 6.10. The normalized spacial score (nSPS) is 14.8. The number of pyridine rings is 1. The van der Waals surface area contributed by atoms with Gasteiger partial charge in [0.2, 0.25) is 0 Å². The number of anilines is 2. The molecule has 36 heavy (non-hydrogen) atoms. The second-order valence-electron chi connectivity index (χ2n) is 9.60. The van der Waals surface area contributed by atoms with Crippen LogP contribution in [-0.2, 0) is 0 Å². The second kappa shape index (κ2) is 9.47. The third-order valence-electron chi connectivity index (χ3n) is 7.29. The molecule has 3 N–H and O–H groups in total. The third kappa shape index (κ3) is 4.32. The molecule has 6 nitrogen and oxygen atoms in total. The van der Waals surface area contributed by atoms with Crippen molar-refractivity contribution >= 4 is 39.1 Å². The number of carbonyl (C=O) groups excluding carboxylic acids is 1. The molecule has 0 unspecified atom stereocenters. The Bertz CT molecular complexity index is 1530. The lowest BCUT2D eigenvalue weighted by Crippen LogP contribution is -2.29. The quantitative estimate of drug-likeness (QED) is 0.267. The fourth-order valence-electron chi connectivity index (χ4n) is 5.35. The Hall–Kier alpha value is -4.16. The molecule has 3 heterocycles. The summed E-state index contributed by atoms with van der Waals surface area (Å²) in [4.78, 5) is 23.0. The Kier molecular flexibility index (Phi) is 5.87. The Morgan fingerprint density at radius 1 is 0.917 bits per heavy atom. The monoisotopic (exact) mass is 475 g/mol. The summed E-state index contributed by atoms with van der Waals surface area (Å²) in [6, 6.07) is 22.0. The van der Waals surface area contributed by atoms with Crippen LogP contribution in [0.5, 0.6) is 0 Å². The van der Waals surface area contributed by atoms with Crippen LogP contribution in [0.15, 0.2) is 85.3 Å². The molecule has 1 aliphatic heterocycles. The molecule has 1 saturated heterocycles. The van der Waals surface area contributed by atoms with E-state index in [0.717, 1.165) is 64.7 Å². The molecular formula is C30H29N5O. The van der Waals surface area contributed by atoms with Crippen molar-refractivity contribution in [2.75, 3.05) is 30.8 Å². The van der Waals surface area contributed by atoms with Crippen LogP contribution in [0, 0.1) is 0 Å². The minimum absolute atomic E-state index is 0.257. The van der Waals surface area contributed by atoms with Crippen molar-refractivity contribution in [3.8, 4) is 11.1 Å². The molecule has 2 aromatic heterocycles. The maximum Gasteiger partial charge on any atom is 0.323 e. The molecule has 6 heteroatoms. The van der Waals surface area contributed by atoms with Crippen molar-refractivity contribution < 1.29 is 4.79 Å². The summed E-state index contributed by atoms with van der Waals surface area (Å²) in [6.45, 7) is 2.23. The lowest BCUT2D eigenvalue weighted by molar-refractivity contribution is 0.256. The number of urea groups is 1. The van der Waals surface area contributed by atoms with Crippen LogP contribution >= 0.6 is 0 Å². The first-order valence-electron chi connectivity index (χ1n) is 12.5. The summed E-state index contributed by atoms with van der Waals surface area (Å²) in [6.07, 6.45) is 8.04. The molecule has 0 saturated carbocycles. The number of nitrogens with zero attached hydrogens (tertiary/aromatic N) is 2. The van der Waals surface area contributed by atoms with Gasteiger partial charge in [-0.25, -0.2) is 4.79 Å². The highest BCUT2D eigenvalue weighted by Crippen LogP contribution is 2.35. The molecular weight excluding hydrogens is 446 g/mol. The number of fused-ring (bicyclic) bond motifs is 2.